The molecule has 0 saturated carbocycles. The summed E-state index contributed by atoms with van der Waals surface area (Å²) >= 11 is 0. The van der Waals surface area contributed by atoms with Gasteiger partial charge in [0.15, 0.2) is 0 Å². The molecule has 2 aromatic rings. The predicted molar refractivity (Wildman–Crippen MR) is 73.8 cm³/mol. The van der Waals surface area contributed by atoms with Crippen molar-refractivity contribution in [2.24, 2.45) is 0 Å². The van der Waals surface area contributed by atoms with Crippen LogP contribution in [0.5, 0.6) is 5.75 Å². The predicted octanol–water partition coefficient (Wildman–Crippen LogP) is 3.15. The molecule has 4 nitrogen and oxygen atoms in total. The van der Waals surface area contributed by atoms with E-state index in [1.54, 1.807) is 30.5 Å². The van der Waals surface area contributed by atoms with Gasteiger partial charge >= 0.3 is 5.97 Å². The lowest BCUT2D eigenvalue weighted by Crippen LogP contribution is -2.22. The quantitative estimate of drug-likeness (QED) is 0.805. The van der Waals surface area contributed by atoms with Gasteiger partial charge in [0.2, 0.25) is 0 Å². The molecular weight excluding hydrogens is 261 g/mol. The number of carbonyl (C=O) groups is 1. The Morgan fingerprint density at radius 3 is 2.75 bits per heavy atom. The van der Waals surface area contributed by atoms with E-state index in [9.17, 15) is 9.18 Å². The van der Waals surface area contributed by atoms with E-state index in [-0.39, 0.29) is 6.61 Å². The fourth-order valence-electron chi connectivity index (χ4n) is 1.76. The summed E-state index contributed by atoms with van der Waals surface area (Å²) in [6.07, 6.45) is 1.54. The fourth-order valence-corrected chi connectivity index (χ4v) is 1.76. The first kappa shape index (κ1) is 14.2. The lowest BCUT2D eigenvalue weighted by Gasteiger charge is -2.15. The Kier molecular flexibility index (Phi) is 3.88. The molecule has 2 rings (SSSR count). The van der Waals surface area contributed by atoms with Gasteiger partial charge in [-0.05, 0) is 38.1 Å². The third kappa shape index (κ3) is 3.23. The maximum Gasteiger partial charge on any atom is 0.338 e. The Balaban J connectivity index is 2.39. The minimum Gasteiger partial charge on any atom is -0.490 e. The molecule has 0 fully saturated rings. The number of alkyl halides is 1. The number of carbonyl (C=O) groups excluding carboxylic acids is 1. The first-order valence-corrected chi connectivity index (χ1v) is 6.19. The highest BCUT2D eigenvalue weighted by atomic mass is 19.1. The van der Waals surface area contributed by atoms with Gasteiger partial charge in [-0.25, -0.2) is 9.18 Å². The highest BCUT2D eigenvalue weighted by Crippen LogP contribution is 2.24. The topological polar surface area (TPSA) is 48.4 Å². The lowest BCUT2D eigenvalue weighted by molar-refractivity contribution is 0.0603. The van der Waals surface area contributed by atoms with Crippen LogP contribution in [0.1, 0.15) is 24.2 Å². The zero-order valence-electron chi connectivity index (χ0n) is 11.6. The van der Waals surface area contributed by atoms with Crippen LogP contribution >= 0.6 is 0 Å². The zero-order valence-corrected chi connectivity index (χ0v) is 11.6. The number of fused-ring (bicyclic) bond motifs is 1. The summed E-state index contributed by atoms with van der Waals surface area (Å²) < 4.78 is 23.6. The highest BCUT2D eigenvalue weighted by Gasteiger charge is 2.17. The molecule has 0 spiro atoms. The number of methoxy groups -OCH3 is 1. The second kappa shape index (κ2) is 5.45. The van der Waals surface area contributed by atoms with E-state index in [1.165, 1.54) is 21.0 Å². The van der Waals surface area contributed by atoms with Crippen LogP contribution in [-0.2, 0) is 4.74 Å². The van der Waals surface area contributed by atoms with E-state index in [1.807, 2.05) is 0 Å². The third-order valence-corrected chi connectivity index (χ3v) is 2.70. The zero-order chi connectivity index (χ0) is 14.8. The molecule has 20 heavy (non-hydrogen) atoms. The number of hydrogen-bond acceptors (Lipinski definition) is 4. The molecule has 0 aliphatic rings. The number of esters is 1. The normalized spacial score (nSPS) is 11.4. The van der Waals surface area contributed by atoms with Crippen molar-refractivity contribution in [2.75, 3.05) is 13.7 Å². The minimum absolute atomic E-state index is 0.0632. The number of benzene rings is 1. The largest absolute Gasteiger partial charge is 0.490 e. The van der Waals surface area contributed by atoms with Crippen LogP contribution in [0.15, 0.2) is 30.5 Å². The van der Waals surface area contributed by atoms with Crippen LogP contribution in [0.4, 0.5) is 4.39 Å². The molecule has 0 radical (unpaired) electrons. The SMILES string of the molecule is COC(=O)c1ccnc2ccc(OCC(C)(C)F)cc12. The van der Waals surface area contributed by atoms with Gasteiger partial charge in [0.05, 0.1) is 18.2 Å². The molecule has 0 unspecified atom stereocenters. The van der Waals surface area contributed by atoms with Crippen molar-refractivity contribution in [3.8, 4) is 5.75 Å². The van der Waals surface area contributed by atoms with Gasteiger partial charge in [0.1, 0.15) is 18.0 Å². The van der Waals surface area contributed by atoms with Crippen molar-refractivity contribution in [3.63, 3.8) is 0 Å². The van der Waals surface area contributed by atoms with Crippen molar-refractivity contribution in [1.29, 1.82) is 0 Å². The minimum atomic E-state index is -1.42. The van der Waals surface area contributed by atoms with Gasteiger partial charge in [0, 0.05) is 11.6 Å². The Labute approximate surface area is 116 Å². The molecule has 0 aliphatic carbocycles. The van der Waals surface area contributed by atoms with Crippen LogP contribution in [0.25, 0.3) is 10.9 Å². The van der Waals surface area contributed by atoms with Gasteiger partial charge in [-0.1, -0.05) is 0 Å². The number of ether oxygens (including phenoxy) is 2. The van der Waals surface area contributed by atoms with Gasteiger partial charge in [-0.2, -0.15) is 0 Å². The molecule has 1 aromatic heterocycles. The number of hydrogen-bond donors (Lipinski definition) is 0. The Morgan fingerprint density at radius 2 is 2.10 bits per heavy atom. The van der Waals surface area contributed by atoms with Gasteiger partial charge in [-0.15, -0.1) is 0 Å². The van der Waals surface area contributed by atoms with Crippen LogP contribution < -0.4 is 4.74 Å². The summed E-state index contributed by atoms with van der Waals surface area (Å²) in [5.74, 6) is 0.0433. The third-order valence-electron chi connectivity index (χ3n) is 2.70. The number of halogens is 1. The van der Waals surface area contributed by atoms with Crippen LogP contribution in [0.2, 0.25) is 0 Å². The fraction of sp³-hybridized carbons (Fsp3) is 0.333. The lowest BCUT2D eigenvalue weighted by atomic mass is 10.1. The standard InChI is InChI=1S/C15H16FNO3/c1-15(2,16)9-20-10-4-5-13-12(8-10)11(6-7-17-13)14(18)19-3/h4-8H,9H2,1-3H3. The molecule has 0 amide bonds. The van der Waals surface area contributed by atoms with Crippen molar-refractivity contribution in [1.82, 2.24) is 4.98 Å². The molecule has 1 aromatic carbocycles. The summed E-state index contributed by atoms with van der Waals surface area (Å²) in [5, 5.41) is 0.619. The maximum atomic E-state index is 13.4. The molecule has 106 valence electrons. The van der Waals surface area contributed by atoms with E-state index in [0.29, 0.717) is 22.2 Å². The first-order valence-electron chi connectivity index (χ1n) is 6.19. The summed E-state index contributed by atoms with van der Waals surface area (Å²) in [6.45, 7) is 2.82. The van der Waals surface area contributed by atoms with E-state index in [2.05, 4.69) is 4.98 Å². The number of rotatable bonds is 4. The Bertz CT molecular complexity index is 635. The number of pyridine rings is 1. The number of aromatic nitrogens is 1. The molecule has 0 saturated heterocycles. The summed E-state index contributed by atoms with van der Waals surface area (Å²) in [7, 11) is 1.32. The molecular formula is C15H16FNO3. The average Bonchev–Trinajstić information content (AvgIpc) is 2.42. The van der Waals surface area contributed by atoms with Crippen molar-refractivity contribution >= 4 is 16.9 Å². The van der Waals surface area contributed by atoms with Crippen LogP contribution in [-0.4, -0.2) is 30.3 Å². The number of nitrogens with zero attached hydrogens (tertiary/aromatic N) is 1. The second-order valence-electron chi connectivity index (χ2n) is 5.04. The Morgan fingerprint density at radius 1 is 1.35 bits per heavy atom. The van der Waals surface area contributed by atoms with Gasteiger partial charge < -0.3 is 9.47 Å². The summed E-state index contributed by atoms with van der Waals surface area (Å²) in [6, 6.07) is 6.67. The van der Waals surface area contributed by atoms with Crippen LogP contribution in [0.3, 0.4) is 0 Å². The molecule has 0 atom stereocenters. The summed E-state index contributed by atoms with van der Waals surface area (Å²) in [4.78, 5) is 15.9. The molecule has 0 aliphatic heterocycles. The average molecular weight is 277 g/mol. The van der Waals surface area contributed by atoms with Crippen molar-refractivity contribution in [3.05, 3.63) is 36.0 Å². The van der Waals surface area contributed by atoms with E-state index in [0.717, 1.165) is 0 Å². The van der Waals surface area contributed by atoms with Gasteiger partial charge in [0.25, 0.3) is 0 Å². The van der Waals surface area contributed by atoms with Crippen molar-refractivity contribution in [2.45, 2.75) is 19.5 Å². The Hall–Kier alpha value is -2.17. The molecule has 1 heterocycles. The van der Waals surface area contributed by atoms with E-state index in [4.69, 9.17) is 9.47 Å². The van der Waals surface area contributed by atoms with E-state index >= 15 is 0 Å². The molecule has 5 heteroatoms. The monoisotopic (exact) mass is 277 g/mol. The smallest absolute Gasteiger partial charge is 0.338 e. The summed E-state index contributed by atoms with van der Waals surface area (Å²) in [5.41, 5.74) is -0.364. The highest BCUT2D eigenvalue weighted by molar-refractivity contribution is 6.03. The molecule has 0 bridgehead atoms. The first-order chi connectivity index (χ1) is 9.40. The van der Waals surface area contributed by atoms with Gasteiger partial charge in [-0.3, -0.25) is 4.98 Å². The van der Waals surface area contributed by atoms with Crippen molar-refractivity contribution < 1.29 is 18.7 Å². The second-order valence-corrected chi connectivity index (χ2v) is 5.04. The van der Waals surface area contributed by atoms with Crippen LogP contribution in [0, 0.1) is 0 Å². The molecule has 0 N–H and O–H groups in total. The van der Waals surface area contributed by atoms with E-state index < -0.39 is 11.6 Å². The maximum absolute atomic E-state index is 13.4.